The molecule has 0 radical (unpaired) electrons. The lowest BCUT2D eigenvalue weighted by molar-refractivity contribution is 0.227. The molecule has 0 aromatic carbocycles. The second-order valence-electron chi connectivity index (χ2n) is 7.10. The predicted octanol–water partition coefficient (Wildman–Crippen LogP) is 5.24. The number of aryl methyl sites for hydroxylation is 1. The van der Waals surface area contributed by atoms with Gasteiger partial charge in [0.25, 0.3) is 0 Å². The number of hydrogen-bond acceptors (Lipinski definition) is 4. The molecule has 5 nitrogen and oxygen atoms in total. The Labute approximate surface area is 168 Å². The number of pyridine rings is 2. The topological polar surface area (TPSA) is 60.2 Å². The van der Waals surface area contributed by atoms with Crippen molar-refractivity contribution in [2.75, 3.05) is 13.7 Å². The minimum atomic E-state index is 0.0438. The maximum atomic E-state index is 9.71. The minimum absolute atomic E-state index is 0.0438. The number of hydrogen-bond donors (Lipinski definition) is 1. The van der Waals surface area contributed by atoms with Gasteiger partial charge >= 0.3 is 0 Å². The first kappa shape index (κ1) is 19.8. The van der Waals surface area contributed by atoms with Crippen LogP contribution < -0.4 is 4.74 Å². The van der Waals surface area contributed by atoms with Gasteiger partial charge < -0.3 is 14.4 Å². The number of fused-ring (bicyclic) bond motifs is 1. The summed E-state index contributed by atoms with van der Waals surface area (Å²) >= 11 is 3.68. The molecule has 0 aliphatic rings. The average molecular weight is 432 g/mol. The number of halogens is 1. The summed E-state index contributed by atoms with van der Waals surface area (Å²) in [6.07, 6.45) is 2.92. The Kier molecular flexibility index (Phi) is 5.86. The Morgan fingerprint density at radius 2 is 2.00 bits per heavy atom. The highest BCUT2D eigenvalue weighted by molar-refractivity contribution is 9.10. The number of aliphatic hydroxyl groups excluding tert-OH is 1. The van der Waals surface area contributed by atoms with Crippen molar-refractivity contribution in [2.45, 2.75) is 46.1 Å². The van der Waals surface area contributed by atoms with Crippen molar-refractivity contribution in [1.82, 2.24) is 14.5 Å². The van der Waals surface area contributed by atoms with Crippen LogP contribution in [0.1, 0.15) is 50.4 Å². The van der Waals surface area contributed by atoms with E-state index < -0.39 is 0 Å². The molecular weight excluding hydrogens is 406 g/mol. The van der Waals surface area contributed by atoms with Crippen molar-refractivity contribution >= 4 is 27.0 Å². The summed E-state index contributed by atoms with van der Waals surface area (Å²) in [6, 6.07) is 6.16. The van der Waals surface area contributed by atoms with Gasteiger partial charge in [-0.1, -0.05) is 20.8 Å². The molecule has 3 aromatic heterocycles. The zero-order chi connectivity index (χ0) is 19.7. The number of nitrogens with zero attached hydrogens (tertiary/aromatic N) is 3. The molecule has 0 spiro atoms. The van der Waals surface area contributed by atoms with E-state index in [0.717, 1.165) is 44.4 Å². The van der Waals surface area contributed by atoms with Crippen LogP contribution in [0.2, 0.25) is 0 Å². The maximum absolute atomic E-state index is 9.71. The van der Waals surface area contributed by atoms with Crippen LogP contribution in [0.5, 0.6) is 5.88 Å². The van der Waals surface area contributed by atoms with E-state index in [1.165, 1.54) is 0 Å². The van der Waals surface area contributed by atoms with Gasteiger partial charge in [0.1, 0.15) is 0 Å². The van der Waals surface area contributed by atoms with E-state index in [9.17, 15) is 5.11 Å². The molecule has 0 amide bonds. The number of ether oxygens (including phenoxy) is 1. The van der Waals surface area contributed by atoms with Gasteiger partial charge in [-0.15, -0.1) is 0 Å². The lowest BCUT2D eigenvalue weighted by Crippen LogP contribution is -2.11. The minimum Gasteiger partial charge on any atom is -0.480 e. The summed E-state index contributed by atoms with van der Waals surface area (Å²) in [5.41, 5.74) is 5.67. The molecule has 3 rings (SSSR count). The second-order valence-corrected chi connectivity index (χ2v) is 7.95. The van der Waals surface area contributed by atoms with Crippen LogP contribution in [0.4, 0.5) is 0 Å². The highest BCUT2D eigenvalue weighted by Gasteiger charge is 2.19. The standard InChI is InChI=1S/C21H26BrN3O2/c1-6-14(11-26)25-10-13(4)19-18(25)9-16(22)20(24-19)15-7-8-17(12(2)3)23-21(15)27-5/h7-10,12,14,26H,6,11H2,1-5H3/t14-/m0/s1. The molecule has 0 unspecified atom stereocenters. The van der Waals surface area contributed by atoms with Gasteiger partial charge in [0.15, 0.2) is 0 Å². The van der Waals surface area contributed by atoms with Crippen molar-refractivity contribution in [2.24, 2.45) is 0 Å². The molecule has 6 heteroatoms. The molecule has 0 saturated heterocycles. The summed E-state index contributed by atoms with van der Waals surface area (Å²) in [5, 5.41) is 9.71. The van der Waals surface area contributed by atoms with E-state index >= 15 is 0 Å². The first-order valence-electron chi connectivity index (χ1n) is 9.25. The summed E-state index contributed by atoms with van der Waals surface area (Å²) in [5.74, 6) is 0.903. The number of rotatable bonds is 6. The van der Waals surface area contributed by atoms with Gasteiger partial charge in [0.2, 0.25) is 5.88 Å². The fourth-order valence-corrected chi connectivity index (χ4v) is 3.84. The van der Waals surface area contributed by atoms with Gasteiger partial charge in [-0.25, -0.2) is 9.97 Å². The first-order chi connectivity index (χ1) is 12.9. The van der Waals surface area contributed by atoms with E-state index in [0.29, 0.717) is 11.8 Å². The fourth-order valence-electron chi connectivity index (χ4n) is 3.32. The molecular formula is C21H26BrN3O2. The Hall–Kier alpha value is -1.92. The average Bonchev–Trinajstić information content (AvgIpc) is 2.97. The van der Waals surface area contributed by atoms with Crippen molar-refractivity contribution in [3.05, 3.63) is 40.1 Å². The largest absolute Gasteiger partial charge is 0.480 e. The lowest BCUT2D eigenvalue weighted by atomic mass is 10.1. The van der Waals surface area contributed by atoms with Crippen molar-refractivity contribution in [3.63, 3.8) is 0 Å². The molecule has 1 atom stereocenters. The van der Waals surface area contributed by atoms with Gasteiger partial charge in [-0.2, -0.15) is 0 Å². The van der Waals surface area contributed by atoms with E-state index in [2.05, 4.69) is 58.5 Å². The van der Waals surface area contributed by atoms with Crippen molar-refractivity contribution < 1.29 is 9.84 Å². The Bertz CT molecular complexity index is 962. The van der Waals surface area contributed by atoms with Crippen LogP contribution in [0.25, 0.3) is 22.3 Å². The quantitative estimate of drug-likeness (QED) is 0.579. The Morgan fingerprint density at radius 3 is 2.59 bits per heavy atom. The smallest absolute Gasteiger partial charge is 0.222 e. The monoisotopic (exact) mass is 431 g/mol. The van der Waals surface area contributed by atoms with Crippen molar-refractivity contribution in [1.29, 1.82) is 0 Å². The van der Waals surface area contributed by atoms with Gasteiger partial charge in [-0.05, 0) is 59.0 Å². The molecule has 27 heavy (non-hydrogen) atoms. The molecule has 0 fully saturated rings. The molecule has 0 aliphatic carbocycles. The van der Waals surface area contributed by atoms with Crippen LogP contribution in [0, 0.1) is 6.92 Å². The SMILES string of the molecule is CC[C@@H](CO)n1cc(C)c2nc(-c3ccc(C(C)C)nc3OC)c(Br)cc21. The van der Waals surface area contributed by atoms with Crippen molar-refractivity contribution in [3.8, 4) is 17.1 Å². The molecule has 3 aromatic rings. The summed E-state index contributed by atoms with van der Waals surface area (Å²) in [4.78, 5) is 9.58. The highest BCUT2D eigenvalue weighted by atomic mass is 79.9. The molecule has 1 N–H and O–H groups in total. The number of methoxy groups -OCH3 is 1. The van der Waals surface area contributed by atoms with Crippen LogP contribution in [0.15, 0.2) is 28.9 Å². The van der Waals surface area contributed by atoms with Gasteiger partial charge in [0, 0.05) is 16.4 Å². The summed E-state index contributed by atoms with van der Waals surface area (Å²) in [7, 11) is 1.64. The van der Waals surface area contributed by atoms with E-state index in [1.54, 1.807) is 7.11 Å². The van der Waals surface area contributed by atoms with Crippen LogP contribution in [0.3, 0.4) is 0 Å². The Morgan fingerprint density at radius 1 is 1.26 bits per heavy atom. The fraction of sp³-hybridized carbons (Fsp3) is 0.429. The van der Waals surface area contributed by atoms with Crippen LogP contribution in [-0.4, -0.2) is 33.4 Å². The highest BCUT2D eigenvalue weighted by Crippen LogP contribution is 2.37. The zero-order valence-corrected chi connectivity index (χ0v) is 18.0. The number of aromatic nitrogens is 3. The molecule has 0 saturated carbocycles. The third kappa shape index (κ3) is 3.60. The first-order valence-corrected chi connectivity index (χ1v) is 10.0. The third-order valence-corrected chi connectivity index (χ3v) is 5.54. The lowest BCUT2D eigenvalue weighted by Gasteiger charge is -2.16. The van der Waals surface area contributed by atoms with E-state index in [4.69, 9.17) is 9.72 Å². The second kappa shape index (κ2) is 7.98. The van der Waals surface area contributed by atoms with Crippen LogP contribution in [-0.2, 0) is 0 Å². The van der Waals surface area contributed by atoms with Gasteiger partial charge in [-0.3, -0.25) is 0 Å². The number of aliphatic hydroxyl groups is 1. The van der Waals surface area contributed by atoms with E-state index in [-0.39, 0.29) is 12.6 Å². The summed E-state index contributed by atoms with van der Waals surface area (Å²) < 4.78 is 8.55. The summed E-state index contributed by atoms with van der Waals surface area (Å²) in [6.45, 7) is 8.45. The maximum Gasteiger partial charge on any atom is 0.222 e. The Balaban J connectivity index is 2.20. The molecule has 0 aliphatic heterocycles. The normalized spacial score (nSPS) is 12.7. The molecule has 3 heterocycles. The van der Waals surface area contributed by atoms with E-state index in [1.807, 2.05) is 19.1 Å². The van der Waals surface area contributed by atoms with Crippen LogP contribution >= 0.6 is 15.9 Å². The predicted molar refractivity (Wildman–Crippen MR) is 112 cm³/mol. The zero-order valence-electron chi connectivity index (χ0n) is 16.5. The molecule has 144 valence electrons. The third-order valence-electron chi connectivity index (χ3n) is 4.94. The van der Waals surface area contributed by atoms with Gasteiger partial charge in [0.05, 0.1) is 42.0 Å². The molecule has 0 bridgehead atoms.